The van der Waals surface area contributed by atoms with Gasteiger partial charge in [0.2, 0.25) is 5.91 Å². The van der Waals surface area contributed by atoms with Crippen molar-refractivity contribution in [2.75, 3.05) is 13.1 Å². The fourth-order valence-corrected chi connectivity index (χ4v) is 5.83. The molecule has 0 unspecified atom stereocenters. The molecule has 1 fully saturated rings. The minimum atomic E-state index is -0.149. The Bertz CT molecular complexity index is 1380. The van der Waals surface area contributed by atoms with Crippen molar-refractivity contribution in [3.8, 4) is 10.4 Å². The predicted molar refractivity (Wildman–Crippen MR) is 128 cm³/mol. The van der Waals surface area contributed by atoms with E-state index in [1.165, 1.54) is 11.3 Å². The summed E-state index contributed by atoms with van der Waals surface area (Å²) in [7, 11) is 0. The van der Waals surface area contributed by atoms with Gasteiger partial charge in [0.1, 0.15) is 12.2 Å². The molecule has 1 saturated heterocycles. The van der Waals surface area contributed by atoms with Gasteiger partial charge in [-0.2, -0.15) is 0 Å². The molecular weight excluding hydrogens is 426 g/mol. The molecule has 2 aromatic carbocycles. The van der Waals surface area contributed by atoms with Crippen LogP contribution in [0.5, 0.6) is 0 Å². The molecule has 5 nitrogen and oxygen atoms in total. The number of likely N-dealkylation sites (tertiary alicyclic amines) is 1. The van der Waals surface area contributed by atoms with Gasteiger partial charge in [0, 0.05) is 13.1 Å². The smallest absolute Gasteiger partial charge is 0.262 e. The SMILES string of the molecule is O=C(Cn1c(=O)c2ccccc2n2c(=S)sc(-c3ccccc3)c12)N1CCCCCC1. The number of fused-ring (bicyclic) bond motifs is 3. The zero-order chi connectivity index (χ0) is 21.4. The highest BCUT2D eigenvalue weighted by atomic mass is 32.1. The molecule has 0 spiro atoms. The van der Waals surface area contributed by atoms with E-state index in [-0.39, 0.29) is 18.0 Å². The lowest BCUT2D eigenvalue weighted by Crippen LogP contribution is -2.37. The van der Waals surface area contributed by atoms with Gasteiger partial charge < -0.3 is 4.90 Å². The van der Waals surface area contributed by atoms with Crippen LogP contribution in [0.3, 0.4) is 0 Å². The summed E-state index contributed by atoms with van der Waals surface area (Å²) in [4.78, 5) is 29.6. The maximum absolute atomic E-state index is 13.6. The molecule has 158 valence electrons. The maximum atomic E-state index is 13.6. The Balaban J connectivity index is 1.75. The Morgan fingerprint density at radius 1 is 0.935 bits per heavy atom. The molecule has 0 bridgehead atoms. The van der Waals surface area contributed by atoms with Crippen LogP contribution in [0.15, 0.2) is 59.4 Å². The standard InChI is InChI=1S/C24H23N3O2S2/c28-20(25-14-8-1-2-9-15-25)16-26-22-21(17-10-4-3-5-11-17)31-24(30)27(22)19-13-7-6-12-18(19)23(26)29/h3-7,10-13H,1-2,8-9,14-16H2. The van der Waals surface area contributed by atoms with Gasteiger partial charge in [0.05, 0.1) is 15.8 Å². The van der Waals surface area contributed by atoms with Crippen molar-refractivity contribution in [2.45, 2.75) is 32.2 Å². The van der Waals surface area contributed by atoms with Gasteiger partial charge in [-0.25, -0.2) is 0 Å². The molecule has 0 radical (unpaired) electrons. The number of amides is 1. The molecule has 0 atom stereocenters. The first-order valence-corrected chi connectivity index (χ1v) is 11.9. The number of para-hydroxylation sites is 1. The quantitative estimate of drug-likeness (QED) is 0.408. The molecule has 2 aromatic heterocycles. The molecule has 7 heteroatoms. The van der Waals surface area contributed by atoms with Crippen molar-refractivity contribution in [3.63, 3.8) is 0 Å². The summed E-state index contributed by atoms with van der Waals surface area (Å²) in [6.07, 6.45) is 4.35. The lowest BCUT2D eigenvalue weighted by atomic mass is 10.2. The highest BCUT2D eigenvalue weighted by molar-refractivity contribution is 7.73. The monoisotopic (exact) mass is 449 g/mol. The minimum absolute atomic E-state index is 0.00249. The number of aromatic nitrogens is 2. The summed E-state index contributed by atoms with van der Waals surface area (Å²) in [5.74, 6) is -0.00249. The first-order chi connectivity index (χ1) is 15.1. The maximum Gasteiger partial charge on any atom is 0.262 e. The topological polar surface area (TPSA) is 46.7 Å². The molecule has 4 aromatic rings. The number of thiazole rings is 1. The summed E-state index contributed by atoms with van der Waals surface area (Å²) in [5.41, 5.74) is 2.33. The van der Waals surface area contributed by atoms with Crippen molar-refractivity contribution < 1.29 is 4.79 Å². The zero-order valence-corrected chi connectivity index (χ0v) is 18.8. The molecule has 31 heavy (non-hydrogen) atoms. The Labute approximate surface area is 189 Å². The van der Waals surface area contributed by atoms with Crippen LogP contribution in [-0.4, -0.2) is 32.9 Å². The van der Waals surface area contributed by atoms with Gasteiger partial charge in [-0.15, -0.1) is 11.3 Å². The van der Waals surface area contributed by atoms with Crippen LogP contribution in [0.1, 0.15) is 25.7 Å². The first kappa shape index (κ1) is 20.2. The van der Waals surface area contributed by atoms with E-state index < -0.39 is 0 Å². The Kier molecular flexibility index (Phi) is 5.46. The van der Waals surface area contributed by atoms with Crippen LogP contribution in [0.4, 0.5) is 0 Å². The first-order valence-electron chi connectivity index (χ1n) is 10.7. The number of nitrogens with zero attached hydrogens (tertiary/aromatic N) is 3. The Morgan fingerprint density at radius 3 is 2.35 bits per heavy atom. The van der Waals surface area contributed by atoms with E-state index in [1.807, 2.05) is 63.9 Å². The van der Waals surface area contributed by atoms with Crippen molar-refractivity contribution in [3.05, 3.63) is 68.9 Å². The van der Waals surface area contributed by atoms with Crippen molar-refractivity contribution in [1.29, 1.82) is 0 Å². The minimum Gasteiger partial charge on any atom is -0.341 e. The molecule has 0 saturated carbocycles. The molecular formula is C24H23N3O2S2. The number of carbonyl (C=O) groups excluding carboxylic acids is 1. The van der Waals surface area contributed by atoms with E-state index in [4.69, 9.17) is 12.2 Å². The zero-order valence-electron chi connectivity index (χ0n) is 17.1. The summed E-state index contributed by atoms with van der Waals surface area (Å²) in [6.45, 7) is 1.55. The third-order valence-electron chi connectivity index (χ3n) is 5.95. The normalized spacial score (nSPS) is 14.8. The van der Waals surface area contributed by atoms with E-state index in [9.17, 15) is 9.59 Å². The average molecular weight is 450 g/mol. The number of benzene rings is 2. The molecule has 1 aliphatic rings. The van der Waals surface area contributed by atoms with Crippen molar-refractivity contribution >= 4 is 46.0 Å². The Morgan fingerprint density at radius 2 is 1.61 bits per heavy atom. The van der Waals surface area contributed by atoms with E-state index in [0.717, 1.165) is 54.7 Å². The lowest BCUT2D eigenvalue weighted by molar-refractivity contribution is -0.131. The number of hydrogen-bond donors (Lipinski definition) is 0. The number of carbonyl (C=O) groups is 1. The van der Waals surface area contributed by atoms with Gasteiger partial charge in [0.15, 0.2) is 3.95 Å². The van der Waals surface area contributed by atoms with E-state index in [1.54, 1.807) is 4.57 Å². The molecule has 3 heterocycles. The van der Waals surface area contributed by atoms with Crippen LogP contribution in [0.25, 0.3) is 27.0 Å². The van der Waals surface area contributed by atoms with Crippen LogP contribution in [0.2, 0.25) is 0 Å². The summed E-state index contributed by atoms with van der Waals surface area (Å²) in [6, 6.07) is 17.4. The Hall–Kier alpha value is -2.77. The third-order valence-corrected chi connectivity index (χ3v) is 7.36. The third kappa shape index (κ3) is 3.62. The fraction of sp³-hybridized carbons (Fsp3) is 0.292. The van der Waals surface area contributed by atoms with Crippen molar-refractivity contribution in [1.82, 2.24) is 13.9 Å². The number of rotatable bonds is 3. The van der Waals surface area contributed by atoms with Gasteiger partial charge in [-0.3, -0.25) is 18.6 Å². The van der Waals surface area contributed by atoms with Crippen LogP contribution >= 0.6 is 23.6 Å². The second-order valence-corrected chi connectivity index (χ2v) is 9.57. The second-order valence-electron chi connectivity index (χ2n) is 7.93. The summed E-state index contributed by atoms with van der Waals surface area (Å²) in [5, 5.41) is 0.576. The van der Waals surface area contributed by atoms with Gasteiger partial charge >= 0.3 is 0 Å². The molecule has 1 amide bonds. The molecule has 0 aliphatic carbocycles. The highest BCUT2D eigenvalue weighted by Crippen LogP contribution is 2.33. The highest BCUT2D eigenvalue weighted by Gasteiger charge is 2.22. The summed E-state index contributed by atoms with van der Waals surface area (Å²) < 4.78 is 4.25. The van der Waals surface area contributed by atoms with Crippen LogP contribution < -0.4 is 5.56 Å². The van der Waals surface area contributed by atoms with Crippen LogP contribution in [-0.2, 0) is 11.3 Å². The van der Waals surface area contributed by atoms with E-state index in [2.05, 4.69) is 0 Å². The van der Waals surface area contributed by atoms with E-state index >= 15 is 0 Å². The van der Waals surface area contributed by atoms with Gasteiger partial charge in [-0.05, 0) is 42.8 Å². The van der Waals surface area contributed by atoms with Gasteiger partial charge in [0.25, 0.3) is 5.56 Å². The number of hydrogen-bond acceptors (Lipinski definition) is 4. The fourth-order valence-electron chi connectivity index (χ4n) is 4.39. The van der Waals surface area contributed by atoms with Crippen LogP contribution in [0, 0.1) is 3.95 Å². The average Bonchev–Trinajstić information content (AvgIpc) is 2.96. The largest absolute Gasteiger partial charge is 0.341 e. The van der Waals surface area contributed by atoms with Crippen molar-refractivity contribution in [2.24, 2.45) is 0 Å². The molecule has 5 rings (SSSR count). The molecule has 1 aliphatic heterocycles. The second kappa shape index (κ2) is 8.40. The molecule has 0 N–H and O–H groups in total. The van der Waals surface area contributed by atoms with E-state index in [0.29, 0.717) is 15.0 Å². The van der Waals surface area contributed by atoms with Gasteiger partial charge in [-0.1, -0.05) is 55.3 Å². The lowest BCUT2D eigenvalue weighted by Gasteiger charge is -2.21. The summed E-state index contributed by atoms with van der Waals surface area (Å²) >= 11 is 7.21. The predicted octanol–water partition coefficient (Wildman–Crippen LogP) is 5.11.